The molecular formula is C10H14N4O3. The summed E-state index contributed by atoms with van der Waals surface area (Å²) in [5.41, 5.74) is 7.75. The van der Waals surface area contributed by atoms with E-state index >= 15 is 0 Å². The van der Waals surface area contributed by atoms with Crippen molar-refractivity contribution in [3.8, 4) is 5.75 Å². The van der Waals surface area contributed by atoms with Crippen LogP contribution in [0.4, 0.5) is 5.69 Å². The topological polar surface area (TPSA) is 123 Å². The lowest BCUT2D eigenvalue weighted by Gasteiger charge is -2.12. The van der Waals surface area contributed by atoms with E-state index in [0.29, 0.717) is 11.4 Å². The SMILES string of the molecule is COc1ccc(N/C(NN)=C(/N)C(=O)O)cc1. The molecule has 0 radical (unpaired) electrons. The quantitative estimate of drug-likeness (QED) is 0.273. The minimum absolute atomic E-state index is 0.0164. The van der Waals surface area contributed by atoms with Crippen LogP contribution in [0.5, 0.6) is 5.75 Å². The highest BCUT2D eigenvalue weighted by Gasteiger charge is 2.09. The monoisotopic (exact) mass is 238 g/mol. The predicted octanol–water partition coefficient (Wildman–Crippen LogP) is -0.217. The molecule has 92 valence electrons. The van der Waals surface area contributed by atoms with Gasteiger partial charge >= 0.3 is 5.97 Å². The van der Waals surface area contributed by atoms with Crippen molar-refractivity contribution in [3.63, 3.8) is 0 Å². The van der Waals surface area contributed by atoms with Crippen LogP contribution in [0.25, 0.3) is 0 Å². The lowest BCUT2D eigenvalue weighted by molar-refractivity contribution is -0.132. The summed E-state index contributed by atoms with van der Waals surface area (Å²) in [5.74, 6) is 4.62. The molecule has 0 atom stereocenters. The molecule has 0 bridgehead atoms. The largest absolute Gasteiger partial charge is 0.497 e. The molecule has 7 heteroatoms. The molecule has 0 saturated carbocycles. The van der Waals surface area contributed by atoms with E-state index in [1.165, 1.54) is 0 Å². The van der Waals surface area contributed by atoms with Gasteiger partial charge < -0.3 is 26.3 Å². The lowest BCUT2D eigenvalue weighted by Crippen LogP contribution is -2.32. The van der Waals surface area contributed by atoms with Crippen LogP contribution < -0.4 is 27.1 Å². The molecule has 0 saturated heterocycles. The van der Waals surface area contributed by atoms with Gasteiger partial charge in [0.1, 0.15) is 11.6 Å². The number of anilines is 1. The molecule has 7 N–H and O–H groups in total. The number of carboxylic acids is 1. The van der Waals surface area contributed by atoms with E-state index in [4.69, 9.17) is 21.4 Å². The number of methoxy groups -OCH3 is 1. The molecule has 1 rings (SSSR count). The number of hydrogen-bond acceptors (Lipinski definition) is 6. The van der Waals surface area contributed by atoms with Crippen molar-refractivity contribution in [3.05, 3.63) is 35.8 Å². The molecule has 0 aliphatic heterocycles. The number of hydrogen-bond donors (Lipinski definition) is 5. The summed E-state index contributed by atoms with van der Waals surface area (Å²) in [4.78, 5) is 10.7. The maximum Gasteiger partial charge on any atom is 0.355 e. The van der Waals surface area contributed by atoms with Gasteiger partial charge in [0, 0.05) is 5.69 Å². The van der Waals surface area contributed by atoms with Gasteiger partial charge in [-0.1, -0.05) is 0 Å². The van der Waals surface area contributed by atoms with E-state index in [9.17, 15) is 4.79 Å². The Hall–Kier alpha value is -2.41. The number of hydrazine groups is 1. The molecule has 0 aliphatic rings. The number of rotatable bonds is 5. The van der Waals surface area contributed by atoms with Crippen LogP contribution in [0.15, 0.2) is 35.8 Å². The van der Waals surface area contributed by atoms with E-state index in [1.807, 2.05) is 0 Å². The molecule has 17 heavy (non-hydrogen) atoms. The Morgan fingerprint density at radius 3 is 2.35 bits per heavy atom. The molecule has 0 amide bonds. The van der Waals surface area contributed by atoms with Crippen molar-refractivity contribution in [1.29, 1.82) is 0 Å². The average Bonchev–Trinajstić information content (AvgIpc) is 2.35. The summed E-state index contributed by atoms with van der Waals surface area (Å²) < 4.78 is 4.99. The maximum atomic E-state index is 10.7. The number of nitrogens with one attached hydrogen (secondary N) is 2. The van der Waals surface area contributed by atoms with Gasteiger partial charge in [0.05, 0.1) is 7.11 Å². The molecule has 0 aliphatic carbocycles. The van der Waals surface area contributed by atoms with Crippen molar-refractivity contribution < 1.29 is 14.6 Å². The van der Waals surface area contributed by atoms with Gasteiger partial charge in [0.25, 0.3) is 0 Å². The van der Waals surface area contributed by atoms with Crippen LogP contribution in [0.2, 0.25) is 0 Å². The summed E-state index contributed by atoms with van der Waals surface area (Å²) in [7, 11) is 1.55. The van der Waals surface area contributed by atoms with Crippen LogP contribution in [0.3, 0.4) is 0 Å². The van der Waals surface area contributed by atoms with Crippen LogP contribution in [-0.2, 0) is 4.79 Å². The Morgan fingerprint density at radius 2 is 1.94 bits per heavy atom. The second kappa shape index (κ2) is 5.61. The van der Waals surface area contributed by atoms with Gasteiger partial charge in [-0.25, -0.2) is 10.6 Å². The standard InChI is InChI=1S/C10H14N4O3/c1-17-7-4-2-6(3-5-7)13-9(14-12)8(11)10(15)16/h2-5,13-14H,11-12H2,1H3,(H,15,16)/b9-8-. The van der Waals surface area contributed by atoms with Crippen LogP contribution >= 0.6 is 0 Å². The van der Waals surface area contributed by atoms with E-state index in [1.54, 1.807) is 31.4 Å². The summed E-state index contributed by atoms with van der Waals surface area (Å²) >= 11 is 0. The Balaban J connectivity index is 2.88. The summed E-state index contributed by atoms with van der Waals surface area (Å²) in [6, 6.07) is 6.83. The van der Waals surface area contributed by atoms with Gasteiger partial charge in [-0.15, -0.1) is 0 Å². The summed E-state index contributed by atoms with van der Waals surface area (Å²) in [6.45, 7) is 0. The van der Waals surface area contributed by atoms with Crippen molar-refractivity contribution in [2.45, 2.75) is 0 Å². The zero-order chi connectivity index (χ0) is 12.8. The van der Waals surface area contributed by atoms with Crippen molar-refractivity contribution in [2.75, 3.05) is 12.4 Å². The normalized spacial score (nSPS) is 11.4. The highest BCUT2D eigenvalue weighted by atomic mass is 16.5. The molecule has 0 fully saturated rings. The van der Waals surface area contributed by atoms with Crippen molar-refractivity contribution in [2.24, 2.45) is 11.6 Å². The zero-order valence-electron chi connectivity index (χ0n) is 9.23. The summed E-state index contributed by atoms with van der Waals surface area (Å²) in [6.07, 6.45) is 0. The lowest BCUT2D eigenvalue weighted by atomic mass is 10.3. The third kappa shape index (κ3) is 3.28. The Kier molecular flexibility index (Phi) is 4.18. The van der Waals surface area contributed by atoms with E-state index in [2.05, 4.69) is 10.7 Å². The molecular weight excluding hydrogens is 224 g/mol. The van der Waals surface area contributed by atoms with Gasteiger partial charge in [0.15, 0.2) is 5.70 Å². The number of benzene rings is 1. The highest BCUT2D eigenvalue weighted by Crippen LogP contribution is 2.16. The molecule has 0 unspecified atom stereocenters. The molecule has 0 spiro atoms. The first kappa shape index (κ1) is 12.7. The first-order valence-electron chi connectivity index (χ1n) is 4.69. The first-order valence-corrected chi connectivity index (χ1v) is 4.69. The highest BCUT2D eigenvalue weighted by molar-refractivity contribution is 5.86. The maximum absolute atomic E-state index is 10.7. The number of carboxylic acid groups (broad SMARTS) is 1. The first-order chi connectivity index (χ1) is 8.08. The van der Waals surface area contributed by atoms with Gasteiger partial charge in [0.2, 0.25) is 0 Å². The summed E-state index contributed by atoms with van der Waals surface area (Å²) in [5, 5.41) is 11.4. The van der Waals surface area contributed by atoms with Crippen molar-refractivity contribution >= 4 is 11.7 Å². The molecule has 0 aromatic heterocycles. The van der Waals surface area contributed by atoms with Gasteiger partial charge in [-0.3, -0.25) is 0 Å². The van der Waals surface area contributed by atoms with Gasteiger partial charge in [-0.05, 0) is 24.3 Å². The van der Waals surface area contributed by atoms with Crippen LogP contribution in [0.1, 0.15) is 0 Å². The minimum Gasteiger partial charge on any atom is -0.497 e. The number of aliphatic carboxylic acids is 1. The molecule has 1 aromatic rings. The second-order valence-electron chi connectivity index (χ2n) is 3.09. The zero-order valence-corrected chi connectivity index (χ0v) is 9.23. The Morgan fingerprint density at radius 1 is 1.35 bits per heavy atom. The number of ether oxygens (including phenoxy) is 1. The average molecular weight is 238 g/mol. The Bertz CT molecular complexity index is 428. The van der Waals surface area contributed by atoms with Crippen LogP contribution in [0, 0.1) is 0 Å². The second-order valence-corrected chi connectivity index (χ2v) is 3.09. The van der Waals surface area contributed by atoms with E-state index < -0.39 is 11.7 Å². The fraction of sp³-hybridized carbons (Fsp3) is 0.100. The third-order valence-electron chi connectivity index (χ3n) is 2.00. The Labute approximate surface area is 98.0 Å². The molecule has 7 nitrogen and oxygen atoms in total. The number of nitrogens with two attached hydrogens (primary N) is 2. The van der Waals surface area contributed by atoms with E-state index in [-0.39, 0.29) is 5.82 Å². The van der Waals surface area contributed by atoms with Crippen LogP contribution in [-0.4, -0.2) is 18.2 Å². The minimum atomic E-state index is -1.26. The molecule has 0 heterocycles. The van der Waals surface area contributed by atoms with Crippen molar-refractivity contribution in [1.82, 2.24) is 5.43 Å². The predicted molar refractivity (Wildman–Crippen MR) is 62.8 cm³/mol. The smallest absolute Gasteiger partial charge is 0.355 e. The van der Waals surface area contributed by atoms with Gasteiger partial charge in [-0.2, -0.15) is 0 Å². The fourth-order valence-electron chi connectivity index (χ4n) is 1.11. The third-order valence-corrected chi connectivity index (χ3v) is 2.00. The number of carbonyl (C=O) groups is 1. The fourth-order valence-corrected chi connectivity index (χ4v) is 1.11. The van der Waals surface area contributed by atoms with E-state index in [0.717, 1.165) is 0 Å². The molecule has 1 aromatic carbocycles.